The monoisotopic (exact) mass is 385 g/mol. The van der Waals surface area contributed by atoms with Gasteiger partial charge in [-0.15, -0.1) is 0 Å². The van der Waals surface area contributed by atoms with Gasteiger partial charge in [0.1, 0.15) is 11.5 Å². The first-order valence-electron chi connectivity index (χ1n) is 7.48. The van der Waals surface area contributed by atoms with Crippen molar-refractivity contribution in [2.24, 2.45) is 0 Å². The Morgan fingerprint density at radius 1 is 1.24 bits per heavy atom. The Balaban J connectivity index is 1.79. The van der Waals surface area contributed by atoms with Gasteiger partial charge in [0, 0.05) is 5.02 Å². The van der Waals surface area contributed by atoms with Gasteiger partial charge in [-0.1, -0.05) is 23.2 Å². The van der Waals surface area contributed by atoms with Gasteiger partial charge in [0.15, 0.2) is 12.7 Å². The summed E-state index contributed by atoms with van der Waals surface area (Å²) in [5.74, 6) is -0.235. The van der Waals surface area contributed by atoms with Crippen LogP contribution in [0.25, 0.3) is 0 Å². The third kappa shape index (κ3) is 5.69. The number of nitrogens with one attached hydrogen (secondary N) is 1. The molecule has 0 aliphatic rings. The molecule has 2 aromatic rings. The van der Waals surface area contributed by atoms with E-state index in [1.807, 2.05) is 0 Å². The number of hydrogen-bond donors (Lipinski definition) is 1. The number of halogens is 2. The summed E-state index contributed by atoms with van der Waals surface area (Å²) in [4.78, 5) is 23.7. The Hall–Kier alpha value is -2.18. The van der Waals surface area contributed by atoms with E-state index in [2.05, 4.69) is 5.32 Å². The molecule has 25 heavy (non-hydrogen) atoms. The standard InChI is InChI=1S/C17H17Cl2NO5/c1-10(14-4-3-7-23-14)20-16(21)9-24-17(22)11(2)25-15-6-5-12(18)8-13(15)19/h3-8,10-11H,9H2,1-2H3,(H,20,21)/t10-,11-/m0/s1. The van der Waals surface area contributed by atoms with Gasteiger partial charge in [-0.2, -0.15) is 0 Å². The zero-order valence-corrected chi connectivity index (χ0v) is 15.1. The smallest absolute Gasteiger partial charge is 0.347 e. The number of esters is 1. The molecule has 2 rings (SSSR count). The maximum absolute atomic E-state index is 11.9. The molecular weight excluding hydrogens is 369 g/mol. The molecule has 0 radical (unpaired) electrons. The molecule has 1 aromatic heterocycles. The first kappa shape index (κ1) is 19.1. The number of carbonyl (C=O) groups is 2. The highest BCUT2D eigenvalue weighted by atomic mass is 35.5. The summed E-state index contributed by atoms with van der Waals surface area (Å²) >= 11 is 11.8. The molecule has 1 aromatic carbocycles. The minimum absolute atomic E-state index is 0.275. The summed E-state index contributed by atoms with van der Waals surface area (Å²) in [5, 5.41) is 3.38. The number of amides is 1. The molecule has 0 bridgehead atoms. The van der Waals surface area contributed by atoms with Gasteiger partial charge in [0.05, 0.1) is 17.3 Å². The molecular formula is C17H17Cl2NO5. The summed E-state index contributed by atoms with van der Waals surface area (Å²) < 4.78 is 15.5. The van der Waals surface area contributed by atoms with E-state index in [1.54, 1.807) is 31.2 Å². The van der Waals surface area contributed by atoms with Crippen molar-refractivity contribution in [3.8, 4) is 5.75 Å². The van der Waals surface area contributed by atoms with Crippen molar-refractivity contribution in [1.29, 1.82) is 0 Å². The van der Waals surface area contributed by atoms with Crippen LogP contribution in [0.4, 0.5) is 0 Å². The van der Waals surface area contributed by atoms with Crippen molar-refractivity contribution in [1.82, 2.24) is 5.32 Å². The van der Waals surface area contributed by atoms with Gasteiger partial charge >= 0.3 is 5.97 Å². The third-order valence-corrected chi connectivity index (χ3v) is 3.75. The first-order valence-corrected chi connectivity index (χ1v) is 8.23. The van der Waals surface area contributed by atoms with Crippen LogP contribution in [0.1, 0.15) is 25.6 Å². The van der Waals surface area contributed by atoms with E-state index in [0.29, 0.717) is 16.5 Å². The molecule has 1 N–H and O–H groups in total. The summed E-state index contributed by atoms with van der Waals surface area (Å²) in [6.45, 7) is 2.83. The number of furan rings is 1. The van der Waals surface area contributed by atoms with Gasteiger partial charge in [0.2, 0.25) is 0 Å². The van der Waals surface area contributed by atoms with Crippen LogP contribution in [0.5, 0.6) is 5.75 Å². The number of ether oxygens (including phenoxy) is 2. The normalized spacial score (nSPS) is 13.0. The lowest BCUT2D eigenvalue weighted by Gasteiger charge is -2.16. The molecule has 0 aliphatic carbocycles. The highest BCUT2D eigenvalue weighted by molar-refractivity contribution is 6.35. The summed E-state index contributed by atoms with van der Waals surface area (Å²) in [6.07, 6.45) is 0.577. The maximum atomic E-state index is 11.9. The molecule has 2 atom stereocenters. The quantitative estimate of drug-likeness (QED) is 0.733. The average molecular weight is 386 g/mol. The maximum Gasteiger partial charge on any atom is 0.347 e. The molecule has 0 fully saturated rings. The second-order valence-corrected chi connectivity index (χ2v) is 6.09. The fraction of sp³-hybridized carbons (Fsp3) is 0.294. The predicted octanol–water partition coefficient (Wildman–Crippen LogP) is 3.77. The second kappa shape index (κ2) is 8.78. The Morgan fingerprint density at radius 3 is 2.64 bits per heavy atom. The van der Waals surface area contributed by atoms with E-state index >= 15 is 0 Å². The van der Waals surface area contributed by atoms with Crippen LogP contribution in [0, 0.1) is 0 Å². The Kier molecular flexibility index (Phi) is 6.73. The highest BCUT2D eigenvalue weighted by Crippen LogP contribution is 2.28. The second-order valence-electron chi connectivity index (χ2n) is 5.25. The van der Waals surface area contributed by atoms with Gasteiger partial charge < -0.3 is 19.2 Å². The van der Waals surface area contributed by atoms with Crippen LogP contribution in [0.3, 0.4) is 0 Å². The molecule has 134 valence electrons. The number of hydrogen-bond acceptors (Lipinski definition) is 5. The summed E-state index contributed by atoms with van der Waals surface area (Å²) in [5.41, 5.74) is 0. The first-order chi connectivity index (χ1) is 11.9. The van der Waals surface area contributed by atoms with E-state index in [0.717, 1.165) is 0 Å². The Bertz CT molecular complexity index is 733. The number of carbonyl (C=O) groups excluding carboxylic acids is 2. The summed E-state index contributed by atoms with van der Waals surface area (Å²) in [6, 6.07) is 7.76. The largest absolute Gasteiger partial charge is 0.477 e. The number of benzene rings is 1. The average Bonchev–Trinajstić information content (AvgIpc) is 3.09. The van der Waals surface area contributed by atoms with Crippen LogP contribution in [-0.2, 0) is 14.3 Å². The van der Waals surface area contributed by atoms with E-state index in [4.69, 9.17) is 37.1 Å². The Labute approximate surface area is 155 Å². The van der Waals surface area contributed by atoms with Gasteiger partial charge in [0.25, 0.3) is 5.91 Å². The molecule has 1 amide bonds. The van der Waals surface area contributed by atoms with Crippen molar-refractivity contribution in [2.75, 3.05) is 6.61 Å². The minimum Gasteiger partial charge on any atom is -0.477 e. The van der Waals surface area contributed by atoms with Crippen LogP contribution in [0.15, 0.2) is 41.0 Å². The van der Waals surface area contributed by atoms with Crippen molar-refractivity contribution in [3.05, 3.63) is 52.4 Å². The summed E-state index contributed by atoms with van der Waals surface area (Å²) in [7, 11) is 0. The zero-order chi connectivity index (χ0) is 18.4. The molecule has 0 saturated carbocycles. The Morgan fingerprint density at radius 2 is 2.00 bits per heavy atom. The van der Waals surface area contributed by atoms with E-state index < -0.39 is 24.6 Å². The zero-order valence-electron chi connectivity index (χ0n) is 13.6. The lowest BCUT2D eigenvalue weighted by atomic mass is 10.2. The van der Waals surface area contributed by atoms with E-state index in [9.17, 15) is 9.59 Å². The lowest BCUT2D eigenvalue weighted by molar-refractivity contribution is -0.154. The van der Waals surface area contributed by atoms with Crippen molar-refractivity contribution in [3.63, 3.8) is 0 Å². The predicted molar refractivity (Wildman–Crippen MR) is 92.8 cm³/mol. The number of rotatable bonds is 7. The molecule has 1 heterocycles. The van der Waals surface area contributed by atoms with Crippen LogP contribution >= 0.6 is 23.2 Å². The highest BCUT2D eigenvalue weighted by Gasteiger charge is 2.20. The SMILES string of the molecule is C[C@H](Oc1ccc(Cl)cc1Cl)C(=O)OCC(=O)N[C@@H](C)c1ccco1. The van der Waals surface area contributed by atoms with Crippen LogP contribution in [-0.4, -0.2) is 24.6 Å². The van der Waals surface area contributed by atoms with Gasteiger partial charge in [-0.05, 0) is 44.2 Å². The molecule has 0 saturated heterocycles. The lowest BCUT2D eigenvalue weighted by Crippen LogP contribution is -2.34. The van der Waals surface area contributed by atoms with Crippen LogP contribution < -0.4 is 10.1 Å². The molecule has 6 nitrogen and oxygen atoms in total. The third-order valence-electron chi connectivity index (χ3n) is 3.22. The van der Waals surface area contributed by atoms with Crippen LogP contribution in [0.2, 0.25) is 10.0 Å². The van der Waals surface area contributed by atoms with Crippen molar-refractivity contribution >= 4 is 35.1 Å². The molecule has 0 aliphatic heterocycles. The fourth-order valence-corrected chi connectivity index (χ4v) is 2.41. The topological polar surface area (TPSA) is 77.8 Å². The van der Waals surface area contributed by atoms with Gasteiger partial charge in [-0.3, -0.25) is 4.79 Å². The van der Waals surface area contributed by atoms with Crippen molar-refractivity contribution < 1.29 is 23.5 Å². The van der Waals surface area contributed by atoms with E-state index in [-0.39, 0.29) is 11.1 Å². The van der Waals surface area contributed by atoms with E-state index in [1.165, 1.54) is 19.3 Å². The van der Waals surface area contributed by atoms with Gasteiger partial charge in [-0.25, -0.2) is 4.79 Å². The van der Waals surface area contributed by atoms with Crippen molar-refractivity contribution in [2.45, 2.75) is 26.0 Å². The fourth-order valence-electron chi connectivity index (χ4n) is 1.96. The molecule has 0 spiro atoms. The molecule has 8 heteroatoms. The molecule has 0 unspecified atom stereocenters. The minimum atomic E-state index is -0.936.